The van der Waals surface area contributed by atoms with Crippen molar-refractivity contribution < 1.29 is 31.6 Å². The van der Waals surface area contributed by atoms with Crippen LogP contribution in [-0.2, 0) is 21.4 Å². The van der Waals surface area contributed by atoms with Crippen molar-refractivity contribution in [3.05, 3.63) is 84.1 Å². The number of carbonyl (C=O) groups is 2. The maximum absolute atomic E-state index is 12.9. The number of hydrogen-bond donors (Lipinski definition) is 3. The quantitative estimate of drug-likeness (QED) is 0.306. The van der Waals surface area contributed by atoms with E-state index in [0.717, 1.165) is 24.3 Å². The van der Waals surface area contributed by atoms with Crippen LogP contribution < -0.4 is 20.3 Å². The Hall–Kier alpha value is -3.70. The van der Waals surface area contributed by atoms with E-state index in [2.05, 4.69) is 15.6 Å². The number of benzene rings is 2. The van der Waals surface area contributed by atoms with Crippen molar-refractivity contribution in [1.82, 2.24) is 15.6 Å². The summed E-state index contributed by atoms with van der Waals surface area (Å²) >= 11 is 0. The zero-order valence-corrected chi connectivity index (χ0v) is 18.2. The van der Waals surface area contributed by atoms with Crippen molar-refractivity contribution in [2.45, 2.75) is 24.3 Å². The highest BCUT2D eigenvalue weighted by atomic mass is 32.2. The molecule has 11 heteroatoms. The number of ether oxygens (including phenoxy) is 1. The Labute approximate surface area is 190 Å². The molecule has 1 heterocycles. The van der Waals surface area contributed by atoms with Crippen LogP contribution in [0.3, 0.4) is 0 Å². The number of sulfonamides is 1. The number of hydrazine groups is 1. The van der Waals surface area contributed by atoms with Gasteiger partial charge in [-0.2, -0.15) is 0 Å². The first-order valence-corrected chi connectivity index (χ1v) is 11.4. The van der Waals surface area contributed by atoms with Crippen LogP contribution in [0.5, 0.6) is 5.75 Å². The first-order valence-electron chi connectivity index (χ1n) is 9.94. The van der Waals surface area contributed by atoms with Gasteiger partial charge in [0.25, 0.3) is 0 Å². The molecular weight excluding hydrogens is 453 g/mol. The molecule has 2 aromatic carbocycles. The van der Waals surface area contributed by atoms with Crippen LogP contribution in [0.15, 0.2) is 76.0 Å². The van der Waals surface area contributed by atoms with Crippen LogP contribution in [-0.4, -0.2) is 26.8 Å². The zero-order valence-electron chi connectivity index (χ0n) is 17.4. The molecule has 0 bridgehead atoms. The van der Waals surface area contributed by atoms with Crippen molar-refractivity contribution in [1.29, 1.82) is 0 Å². The van der Waals surface area contributed by atoms with Crippen LogP contribution in [0.4, 0.5) is 4.39 Å². The number of nitrogens with one attached hydrogen (secondary N) is 3. The first-order chi connectivity index (χ1) is 15.8. The molecule has 0 aliphatic carbocycles. The topological polar surface area (TPSA) is 127 Å². The van der Waals surface area contributed by atoms with Crippen molar-refractivity contribution in [2.75, 3.05) is 6.54 Å². The molecule has 9 nitrogen and oxygen atoms in total. The third-order valence-electron chi connectivity index (χ3n) is 4.32. The van der Waals surface area contributed by atoms with E-state index in [-0.39, 0.29) is 36.6 Å². The number of carbonyl (C=O) groups excluding carboxylic acids is 2. The molecule has 2 amide bonds. The molecule has 0 aliphatic heterocycles. The molecule has 0 spiro atoms. The predicted molar refractivity (Wildman–Crippen MR) is 116 cm³/mol. The van der Waals surface area contributed by atoms with Crippen molar-refractivity contribution in [3.8, 4) is 5.75 Å². The third-order valence-corrected chi connectivity index (χ3v) is 5.80. The minimum Gasteiger partial charge on any atom is -0.486 e. The van der Waals surface area contributed by atoms with Gasteiger partial charge in [-0.15, -0.1) is 0 Å². The van der Waals surface area contributed by atoms with E-state index in [9.17, 15) is 22.4 Å². The van der Waals surface area contributed by atoms with E-state index in [1.165, 1.54) is 6.07 Å². The van der Waals surface area contributed by atoms with E-state index in [0.29, 0.717) is 11.5 Å². The van der Waals surface area contributed by atoms with E-state index in [1.54, 1.807) is 18.2 Å². The van der Waals surface area contributed by atoms with Crippen LogP contribution in [0.25, 0.3) is 0 Å². The fourth-order valence-corrected chi connectivity index (χ4v) is 3.73. The molecule has 0 saturated heterocycles. The summed E-state index contributed by atoms with van der Waals surface area (Å²) in [6, 6.07) is 16.5. The second-order valence-electron chi connectivity index (χ2n) is 6.83. The van der Waals surface area contributed by atoms with Gasteiger partial charge in [-0.05, 0) is 55.0 Å². The van der Waals surface area contributed by atoms with Gasteiger partial charge in [0, 0.05) is 13.0 Å². The lowest BCUT2D eigenvalue weighted by atomic mass is 10.3. The van der Waals surface area contributed by atoms with E-state index < -0.39 is 27.7 Å². The van der Waals surface area contributed by atoms with Crippen LogP contribution in [0.2, 0.25) is 0 Å². The SMILES string of the molecule is O=C(CCCNS(=O)(=O)c1ccc(F)cc1)NNC(=O)c1ccc(COc2ccccc2)o1. The fourth-order valence-electron chi connectivity index (χ4n) is 2.65. The van der Waals surface area contributed by atoms with Gasteiger partial charge in [0.1, 0.15) is 23.9 Å². The van der Waals surface area contributed by atoms with Crippen LogP contribution in [0.1, 0.15) is 29.2 Å². The average molecular weight is 475 g/mol. The van der Waals surface area contributed by atoms with E-state index in [1.807, 2.05) is 18.2 Å². The Balaban J connectivity index is 1.35. The molecule has 3 rings (SSSR count). The lowest BCUT2D eigenvalue weighted by Crippen LogP contribution is -2.41. The summed E-state index contributed by atoms with van der Waals surface area (Å²) in [4.78, 5) is 23.9. The maximum Gasteiger partial charge on any atom is 0.305 e. The molecule has 0 radical (unpaired) electrons. The molecule has 3 aromatic rings. The van der Waals surface area contributed by atoms with Gasteiger partial charge < -0.3 is 9.15 Å². The summed E-state index contributed by atoms with van der Waals surface area (Å²) in [5.74, 6) is -0.612. The Morgan fingerprint density at radius 2 is 1.67 bits per heavy atom. The fraction of sp³-hybridized carbons (Fsp3) is 0.182. The van der Waals surface area contributed by atoms with Crippen molar-refractivity contribution in [3.63, 3.8) is 0 Å². The Morgan fingerprint density at radius 1 is 0.939 bits per heavy atom. The Bertz CT molecular complexity index is 1180. The van der Waals surface area contributed by atoms with Crippen LogP contribution in [0, 0.1) is 5.82 Å². The minimum atomic E-state index is -3.80. The second-order valence-corrected chi connectivity index (χ2v) is 8.59. The number of para-hydroxylation sites is 1. The average Bonchev–Trinajstić information content (AvgIpc) is 3.29. The zero-order chi connectivity index (χ0) is 23.7. The standard InChI is InChI=1S/C22H22FN3O6S/c23-16-8-11-19(12-9-16)33(29,30)24-14-4-7-21(27)25-26-22(28)20-13-10-18(32-20)15-31-17-5-2-1-3-6-17/h1-3,5-6,8-13,24H,4,7,14-15H2,(H,25,27)(H,26,28). The monoisotopic (exact) mass is 475 g/mol. The smallest absolute Gasteiger partial charge is 0.305 e. The molecule has 174 valence electrons. The highest BCUT2D eigenvalue weighted by Crippen LogP contribution is 2.14. The molecular formula is C22H22FN3O6S. The number of rotatable bonds is 10. The predicted octanol–water partition coefficient (Wildman–Crippen LogP) is 2.52. The van der Waals surface area contributed by atoms with Gasteiger partial charge in [-0.1, -0.05) is 18.2 Å². The van der Waals surface area contributed by atoms with E-state index in [4.69, 9.17) is 9.15 Å². The molecule has 33 heavy (non-hydrogen) atoms. The molecule has 0 saturated carbocycles. The summed E-state index contributed by atoms with van der Waals surface area (Å²) in [7, 11) is -3.80. The second kappa shape index (κ2) is 11.2. The molecule has 3 N–H and O–H groups in total. The van der Waals surface area contributed by atoms with Crippen LogP contribution >= 0.6 is 0 Å². The summed E-state index contributed by atoms with van der Waals surface area (Å²) < 4.78 is 50.3. The highest BCUT2D eigenvalue weighted by Gasteiger charge is 2.15. The highest BCUT2D eigenvalue weighted by molar-refractivity contribution is 7.89. The van der Waals surface area contributed by atoms with Gasteiger partial charge in [0.15, 0.2) is 5.76 Å². The number of hydrogen-bond acceptors (Lipinski definition) is 6. The van der Waals surface area contributed by atoms with Crippen molar-refractivity contribution >= 4 is 21.8 Å². The number of amides is 2. The Kier molecular flexibility index (Phi) is 8.17. The van der Waals surface area contributed by atoms with Gasteiger partial charge in [0.05, 0.1) is 4.90 Å². The molecule has 0 atom stereocenters. The van der Waals surface area contributed by atoms with Gasteiger partial charge in [-0.25, -0.2) is 17.5 Å². The maximum atomic E-state index is 12.9. The van der Waals surface area contributed by atoms with Gasteiger partial charge in [0.2, 0.25) is 15.9 Å². The summed E-state index contributed by atoms with van der Waals surface area (Å²) in [6.07, 6.45) is 0.143. The molecule has 0 fully saturated rings. The largest absolute Gasteiger partial charge is 0.486 e. The number of furan rings is 1. The summed E-state index contributed by atoms with van der Waals surface area (Å²) in [5, 5.41) is 0. The first kappa shape index (κ1) is 24.0. The molecule has 0 unspecified atom stereocenters. The summed E-state index contributed by atoms with van der Waals surface area (Å²) in [6.45, 7) is 0.127. The molecule has 0 aliphatic rings. The lowest BCUT2D eigenvalue weighted by molar-refractivity contribution is -0.121. The van der Waals surface area contributed by atoms with Gasteiger partial charge >= 0.3 is 5.91 Å². The molecule has 1 aromatic heterocycles. The normalized spacial score (nSPS) is 11.1. The third kappa shape index (κ3) is 7.44. The van der Waals surface area contributed by atoms with Crippen molar-refractivity contribution in [2.24, 2.45) is 0 Å². The van der Waals surface area contributed by atoms with Gasteiger partial charge in [-0.3, -0.25) is 20.4 Å². The Morgan fingerprint density at radius 3 is 2.39 bits per heavy atom. The van der Waals surface area contributed by atoms with E-state index >= 15 is 0 Å². The summed E-state index contributed by atoms with van der Waals surface area (Å²) in [5.41, 5.74) is 4.46. The number of halogens is 1. The minimum absolute atomic E-state index is 0.00554. The lowest BCUT2D eigenvalue weighted by Gasteiger charge is -2.08.